The summed E-state index contributed by atoms with van der Waals surface area (Å²) >= 11 is 0. The number of esters is 1. The van der Waals surface area contributed by atoms with E-state index in [1.807, 2.05) is 49.4 Å². The Hall–Kier alpha value is -3.76. The largest absolute Gasteiger partial charge is 0.504 e. The minimum absolute atomic E-state index is 0.00712. The second-order valence-electron chi connectivity index (χ2n) is 14.0. The van der Waals surface area contributed by atoms with Crippen LogP contribution < -0.4 is 4.74 Å². The van der Waals surface area contributed by atoms with Crippen molar-refractivity contribution >= 4 is 11.8 Å². The van der Waals surface area contributed by atoms with Gasteiger partial charge in [-0.2, -0.15) is 0 Å². The third-order valence-electron chi connectivity index (χ3n) is 10.9. The smallest absolute Gasteiger partial charge is 0.310 e. The lowest BCUT2D eigenvalue weighted by molar-refractivity contribution is -0.524. The summed E-state index contributed by atoms with van der Waals surface area (Å²) in [4.78, 5) is 26.9. The lowest BCUT2D eigenvalue weighted by Gasteiger charge is -2.67. The van der Waals surface area contributed by atoms with Crippen molar-refractivity contribution in [1.82, 2.24) is 0 Å². The Kier molecular flexibility index (Phi) is 7.75. The minimum atomic E-state index is -1.80. The minimum Gasteiger partial charge on any atom is -0.504 e. The van der Waals surface area contributed by atoms with Crippen molar-refractivity contribution in [2.24, 2.45) is 23.7 Å². The third-order valence-corrected chi connectivity index (χ3v) is 10.9. The van der Waals surface area contributed by atoms with Crippen molar-refractivity contribution in [3.8, 4) is 11.5 Å². The summed E-state index contributed by atoms with van der Waals surface area (Å²) in [5.41, 5.74) is 0.752. The predicted octanol–water partition coefficient (Wildman–Crippen LogP) is 4.99. The molecule has 3 fully saturated rings. The Bertz CT molecular complexity index is 1680. The van der Waals surface area contributed by atoms with Gasteiger partial charge in [0.25, 0.3) is 5.97 Å². The lowest BCUT2D eigenvalue weighted by Crippen LogP contribution is -2.76. The zero-order valence-corrected chi connectivity index (χ0v) is 27.2. The summed E-state index contributed by atoms with van der Waals surface area (Å²) < 4.78 is 31.8. The maximum Gasteiger partial charge on any atom is 0.310 e. The second-order valence-corrected chi connectivity index (χ2v) is 14.0. The van der Waals surface area contributed by atoms with Crippen LogP contribution in [0, 0.1) is 23.7 Å². The van der Waals surface area contributed by atoms with E-state index in [1.54, 1.807) is 19.1 Å². The molecular formula is C38H42O9. The molecule has 2 aliphatic heterocycles. The monoisotopic (exact) mass is 642 g/mol. The highest BCUT2D eigenvalue weighted by molar-refractivity contribution is 6.04. The molecule has 9 nitrogen and oxygen atoms in total. The SMILES string of the molecule is C=C(C)[C@H]1OC2(Cc3ccccc3)O[C@H]3C1C[C@@H](C)[C@@]1(O2)[C@H]3C=C(COC(=O)Cc2ccc(O)c(OC)c2)C[C@]2(O)C(=O)C(C)=C[C@@H]12. The predicted molar refractivity (Wildman–Crippen MR) is 171 cm³/mol. The first-order valence-corrected chi connectivity index (χ1v) is 16.3. The Balaban J connectivity index is 1.27. The van der Waals surface area contributed by atoms with Crippen LogP contribution in [0.1, 0.15) is 44.7 Å². The van der Waals surface area contributed by atoms with E-state index in [0.29, 0.717) is 29.6 Å². The summed E-state index contributed by atoms with van der Waals surface area (Å²) in [6, 6.07) is 14.6. The van der Waals surface area contributed by atoms with Gasteiger partial charge in [-0.1, -0.05) is 67.6 Å². The van der Waals surface area contributed by atoms with Crippen LogP contribution >= 0.6 is 0 Å². The molecule has 9 atom stereocenters. The molecule has 5 aliphatic rings. The molecule has 0 aromatic heterocycles. The van der Waals surface area contributed by atoms with Gasteiger partial charge in [-0.3, -0.25) is 9.59 Å². The number of phenols is 1. The van der Waals surface area contributed by atoms with Gasteiger partial charge in [0.15, 0.2) is 17.3 Å². The fraction of sp³-hybridized carbons (Fsp3) is 0.474. The van der Waals surface area contributed by atoms with E-state index < -0.39 is 29.1 Å². The Morgan fingerprint density at radius 1 is 1.11 bits per heavy atom. The number of Topliss-reactive ketones (excluding diaryl/α,β-unsaturated/α-hetero) is 1. The van der Waals surface area contributed by atoms with Gasteiger partial charge < -0.3 is 33.9 Å². The van der Waals surface area contributed by atoms with Crippen molar-refractivity contribution in [1.29, 1.82) is 0 Å². The van der Waals surface area contributed by atoms with Gasteiger partial charge in [-0.15, -0.1) is 0 Å². The molecule has 0 amide bonds. The van der Waals surface area contributed by atoms with E-state index in [2.05, 4.69) is 13.5 Å². The van der Waals surface area contributed by atoms with Crippen molar-refractivity contribution in [3.05, 3.63) is 95.1 Å². The van der Waals surface area contributed by atoms with E-state index in [4.69, 9.17) is 23.7 Å². The van der Waals surface area contributed by atoms with Crippen molar-refractivity contribution in [2.45, 2.75) is 75.8 Å². The van der Waals surface area contributed by atoms with Gasteiger partial charge in [-0.25, -0.2) is 0 Å². The van der Waals surface area contributed by atoms with E-state index in [9.17, 15) is 19.8 Å². The highest BCUT2D eigenvalue weighted by Gasteiger charge is 2.74. The number of benzene rings is 2. The first-order chi connectivity index (χ1) is 22.4. The molecule has 1 saturated carbocycles. The summed E-state index contributed by atoms with van der Waals surface area (Å²) in [6.45, 7) is 10.0. The first kappa shape index (κ1) is 31.8. The van der Waals surface area contributed by atoms with Crippen LogP contribution in [-0.4, -0.2) is 65.1 Å². The molecule has 2 unspecified atom stereocenters. The van der Waals surface area contributed by atoms with E-state index in [1.165, 1.54) is 13.2 Å². The number of rotatable bonds is 8. The van der Waals surface area contributed by atoms with Crippen molar-refractivity contribution < 1.29 is 43.5 Å². The average molecular weight is 643 g/mol. The summed E-state index contributed by atoms with van der Waals surface area (Å²) in [7, 11) is 1.44. The van der Waals surface area contributed by atoms with Gasteiger partial charge in [0, 0.05) is 24.2 Å². The molecule has 2 saturated heterocycles. The molecule has 3 bridgehead atoms. The third kappa shape index (κ3) is 5.06. The highest BCUT2D eigenvalue weighted by atomic mass is 16.9. The number of ether oxygens (including phenoxy) is 5. The maximum absolute atomic E-state index is 13.8. The molecule has 9 heteroatoms. The number of phenolic OH excluding ortho intramolecular Hbond substituents is 1. The normalized spacial score (nSPS) is 36.8. The summed E-state index contributed by atoms with van der Waals surface area (Å²) in [6.07, 6.45) is 4.19. The molecule has 0 spiro atoms. The summed E-state index contributed by atoms with van der Waals surface area (Å²) in [5, 5.41) is 22.4. The lowest BCUT2D eigenvalue weighted by atomic mass is 9.55. The topological polar surface area (TPSA) is 121 Å². The van der Waals surface area contributed by atoms with Crippen molar-refractivity contribution in [2.75, 3.05) is 13.7 Å². The number of aromatic hydroxyl groups is 1. The molecular weight excluding hydrogens is 600 g/mol. The maximum atomic E-state index is 13.8. The number of carbonyl (C=O) groups is 2. The van der Waals surface area contributed by atoms with Gasteiger partial charge in [0.1, 0.15) is 12.2 Å². The average Bonchev–Trinajstić information content (AvgIpc) is 3.19. The van der Waals surface area contributed by atoms with Gasteiger partial charge in [-0.05, 0) is 60.6 Å². The number of aliphatic hydroxyl groups is 1. The number of methoxy groups -OCH3 is 1. The molecule has 2 heterocycles. The molecule has 3 aliphatic carbocycles. The Morgan fingerprint density at radius 2 is 1.87 bits per heavy atom. The van der Waals surface area contributed by atoms with E-state index >= 15 is 0 Å². The van der Waals surface area contributed by atoms with Gasteiger partial charge in [0.05, 0.1) is 37.8 Å². The van der Waals surface area contributed by atoms with Crippen LogP contribution in [0.5, 0.6) is 11.5 Å². The molecule has 7 rings (SSSR count). The number of fused-ring (bicyclic) bond motifs is 2. The fourth-order valence-electron chi connectivity index (χ4n) is 8.89. The second kappa shape index (κ2) is 11.4. The highest BCUT2D eigenvalue weighted by Crippen LogP contribution is 2.65. The van der Waals surface area contributed by atoms with Crippen molar-refractivity contribution in [3.63, 3.8) is 0 Å². The van der Waals surface area contributed by atoms with Crippen LogP contribution in [0.3, 0.4) is 0 Å². The zero-order valence-electron chi connectivity index (χ0n) is 27.2. The quantitative estimate of drug-likeness (QED) is 0.303. The van der Waals surface area contributed by atoms with Crippen LogP contribution in [0.4, 0.5) is 0 Å². The number of carbonyl (C=O) groups excluding carboxylic acids is 2. The first-order valence-electron chi connectivity index (χ1n) is 16.3. The number of hydrogen-bond donors (Lipinski definition) is 2. The molecule has 248 valence electrons. The van der Waals surface area contributed by atoms with Crippen LogP contribution in [0.2, 0.25) is 0 Å². The van der Waals surface area contributed by atoms with Crippen LogP contribution in [0.25, 0.3) is 0 Å². The van der Waals surface area contributed by atoms with Gasteiger partial charge >= 0.3 is 5.97 Å². The Labute approximate surface area is 274 Å². The summed E-state index contributed by atoms with van der Waals surface area (Å²) in [5.74, 6) is -3.23. The molecule has 2 N–H and O–H groups in total. The number of ketones is 1. The zero-order chi connectivity index (χ0) is 33.3. The van der Waals surface area contributed by atoms with Crippen LogP contribution in [-0.2, 0) is 41.4 Å². The molecule has 2 aromatic carbocycles. The molecule has 47 heavy (non-hydrogen) atoms. The van der Waals surface area contributed by atoms with E-state index in [-0.39, 0.29) is 66.7 Å². The van der Waals surface area contributed by atoms with Gasteiger partial charge in [0.2, 0.25) is 0 Å². The van der Waals surface area contributed by atoms with E-state index in [0.717, 1.165) is 11.1 Å². The standard InChI is InChI=1S/C38H42O9/c1-21(2)33-27-14-23(4)38-28(34(27)46-37(45-33,47-38)19-24-9-7-6-8-10-24)15-26(18-36(42)31(38)13-22(3)35(36)41)20-44-32(40)17-25-11-12-29(39)30(16-25)43-5/h6-13,15-16,23,27-28,31,33-34,39,42H,1,14,17-20H2,2-5H3/t23-,27?,28+,31-,33-,34+,36-,37?,38-/m1/s1. The molecule has 0 radical (unpaired) electrons. The number of hydrogen-bond acceptors (Lipinski definition) is 9. The van der Waals surface area contributed by atoms with Crippen LogP contribution in [0.15, 0.2) is 84.0 Å². The fourth-order valence-corrected chi connectivity index (χ4v) is 8.89. The molecule has 2 aromatic rings. The Morgan fingerprint density at radius 3 is 2.60 bits per heavy atom.